The number of hydrogen-bond donors (Lipinski definition) is 0. The van der Waals surface area contributed by atoms with E-state index in [0.717, 1.165) is 0 Å². The Labute approximate surface area is 142 Å². The SMILES string of the molecule is Cc1cccc2c1C(F)(F)C(C)(C)N=C2c1nnc2cccnc2n1. The number of benzene rings is 1. The van der Waals surface area contributed by atoms with Crippen LogP contribution in [0.25, 0.3) is 11.2 Å². The number of rotatable bonds is 1. The second-order valence-corrected chi connectivity index (χ2v) is 6.57. The Balaban J connectivity index is 2.00. The van der Waals surface area contributed by atoms with Crippen LogP contribution in [-0.4, -0.2) is 31.4 Å². The number of hydrogen-bond acceptors (Lipinski definition) is 5. The molecule has 0 fully saturated rings. The summed E-state index contributed by atoms with van der Waals surface area (Å²) in [6, 6.07) is 8.50. The third kappa shape index (κ3) is 2.22. The summed E-state index contributed by atoms with van der Waals surface area (Å²) in [5, 5.41) is 8.19. The summed E-state index contributed by atoms with van der Waals surface area (Å²) in [6.45, 7) is 4.50. The van der Waals surface area contributed by atoms with Gasteiger partial charge >= 0.3 is 0 Å². The van der Waals surface area contributed by atoms with Crippen molar-refractivity contribution in [2.45, 2.75) is 32.2 Å². The Hall–Kier alpha value is -2.83. The van der Waals surface area contributed by atoms with Crippen LogP contribution in [0.3, 0.4) is 0 Å². The van der Waals surface area contributed by atoms with Crippen molar-refractivity contribution in [2.75, 3.05) is 0 Å². The van der Waals surface area contributed by atoms with Gasteiger partial charge in [-0.15, -0.1) is 10.2 Å². The van der Waals surface area contributed by atoms with Crippen LogP contribution >= 0.6 is 0 Å². The molecule has 3 aromatic rings. The second kappa shape index (κ2) is 5.08. The van der Waals surface area contributed by atoms with E-state index in [-0.39, 0.29) is 11.4 Å². The largest absolute Gasteiger partial charge is 0.298 e. The Bertz CT molecular complexity index is 1030. The van der Waals surface area contributed by atoms with Crippen molar-refractivity contribution in [2.24, 2.45) is 4.99 Å². The van der Waals surface area contributed by atoms with Gasteiger partial charge in [0.05, 0.1) is 0 Å². The van der Waals surface area contributed by atoms with Gasteiger partial charge in [-0.2, -0.15) is 8.78 Å². The van der Waals surface area contributed by atoms with E-state index in [1.54, 1.807) is 43.5 Å². The number of aryl methyl sites for hydroxylation is 1. The minimum absolute atomic E-state index is 0.0327. The van der Waals surface area contributed by atoms with E-state index in [0.29, 0.717) is 28.0 Å². The fourth-order valence-electron chi connectivity index (χ4n) is 3.05. The summed E-state index contributed by atoms with van der Waals surface area (Å²) in [5.41, 5.74) is 0.445. The molecule has 1 aliphatic rings. The Morgan fingerprint density at radius 1 is 1.00 bits per heavy atom. The molecular weight excluding hydrogens is 324 g/mol. The van der Waals surface area contributed by atoms with Gasteiger partial charge in [-0.1, -0.05) is 18.2 Å². The van der Waals surface area contributed by atoms with Crippen molar-refractivity contribution in [1.29, 1.82) is 0 Å². The Morgan fingerprint density at radius 2 is 1.80 bits per heavy atom. The van der Waals surface area contributed by atoms with Crippen molar-refractivity contribution in [1.82, 2.24) is 20.2 Å². The summed E-state index contributed by atoms with van der Waals surface area (Å²) in [7, 11) is 0. The van der Waals surface area contributed by atoms with Crippen molar-refractivity contribution in [3.63, 3.8) is 0 Å². The third-order valence-electron chi connectivity index (χ3n) is 4.44. The molecule has 2 aromatic heterocycles. The van der Waals surface area contributed by atoms with Gasteiger partial charge in [0.1, 0.15) is 16.8 Å². The van der Waals surface area contributed by atoms with Gasteiger partial charge in [0.15, 0.2) is 5.65 Å². The zero-order valence-corrected chi connectivity index (χ0v) is 14.0. The molecule has 0 atom stereocenters. The monoisotopic (exact) mass is 339 g/mol. The van der Waals surface area contributed by atoms with Crippen LogP contribution in [0.2, 0.25) is 0 Å². The molecule has 1 aliphatic heterocycles. The van der Waals surface area contributed by atoms with Crippen molar-refractivity contribution in [3.05, 3.63) is 59.0 Å². The van der Waals surface area contributed by atoms with E-state index in [1.165, 1.54) is 13.8 Å². The molecule has 0 bridgehead atoms. The lowest BCUT2D eigenvalue weighted by Gasteiger charge is -2.37. The van der Waals surface area contributed by atoms with Crippen LogP contribution in [0.1, 0.15) is 36.4 Å². The first-order valence-electron chi connectivity index (χ1n) is 7.85. The minimum Gasteiger partial charge on any atom is -0.268 e. The second-order valence-electron chi connectivity index (χ2n) is 6.57. The van der Waals surface area contributed by atoms with Crippen LogP contribution < -0.4 is 0 Å². The molecule has 0 unspecified atom stereocenters. The molecule has 0 aliphatic carbocycles. The highest BCUT2D eigenvalue weighted by atomic mass is 19.3. The average molecular weight is 339 g/mol. The van der Waals surface area contributed by atoms with E-state index < -0.39 is 11.5 Å². The number of fused-ring (bicyclic) bond motifs is 2. The molecule has 126 valence electrons. The van der Waals surface area contributed by atoms with E-state index >= 15 is 8.78 Å². The highest BCUT2D eigenvalue weighted by Crippen LogP contribution is 2.47. The molecule has 0 saturated carbocycles. The number of aliphatic imine (C=N–C) groups is 1. The standard InChI is InChI=1S/C18H15F2N5/c1-10-6-4-7-11-13(10)18(19,20)17(2,3)23-14(11)16-22-15-12(24-25-16)8-5-9-21-15/h4-9H,1-3H3. The van der Waals surface area contributed by atoms with E-state index in [9.17, 15) is 0 Å². The molecule has 25 heavy (non-hydrogen) atoms. The van der Waals surface area contributed by atoms with Gasteiger partial charge in [-0.05, 0) is 38.5 Å². The highest BCUT2D eigenvalue weighted by Gasteiger charge is 2.53. The average Bonchev–Trinajstić information content (AvgIpc) is 2.58. The van der Waals surface area contributed by atoms with Crippen molar-refractivity contribution in [3.8, 4) is 0 Å². The number of alkyl halides is 2. The van der Waals surface area contributed by atoms with Crippen molar-refractivity contribution >= 4 is 16.9 Å². The Morgan fingerprint density at radius 3 is 2.60 bits per heavy atom. The summed E-state index contributed by atoms with van der Waals surface area (Å²) < 4.78 is 30.0. The van der Waals surface area contributed by atoms with Crippen LogP contribution in [-0.2, 0) is 5.92 Å². The lowest BCUT2D eigenvalue weighted by atomic mass is 9.80. The molecule has 1 aromatic carbocycles. The predicted molar refractivity (Wildman–Crippen MR) is 89.9 cm³/mol. The summed E-state index contributed by atoms with van der Waals surface area (Å²) in [5.74, 6) is -2.90. The highest BCUT2D eigenvalue weighted by molar-refractivity contribution is 6.13. The quantitative estimate of drug-likeness (QED) is 0.681. The van der Waals surface area contributed by atoms with Gasteiger partial charge in [0, 0.05) is 17.3 Å². The van der Waals surface area contributed by atoms with E-state index in [4.69, 9.17) is 0 Å². The normalized spacial score (nSPS) is 17.9. The maximum Gasteiger partial charge on any atom is 0.298 e. The first-order valence-corrected chi connectivity index (χ1v) is 7.85. The molecule has 0 radical (unpaired) electrons. The molecule has 0 saturated heterocycles. The first-order chi connectivity index (χ1) is 11.8. The lowest BCUT2D eigenvalue weighted by molar-refractivity contribution is -0.0687. The van der Waals surface area contributed by atoms with Crippen LogP contribution in [0.4, 0.5) is 8.78 Å². The predicted octanol–water partition coefficient (Wildman–Crippen LogP) is 3.45. The Kier molecular flexibility index (Phi) is 3.19. The maximum absolute atomic E-state index is 15.0. The molecule has 4 rings (SSSR count). The number of pyridine rings is 1. The molecule has 0 N–H and O–H groups in total. The van der Waals surface area contributed by atoms with Crippen LogP contribution in [0, 0.1) is 6.92 Å². The van der Waals surface area contributed by atoms with Gasteiger partial charge in [-0.3, -0.25) is 4.99 Å². The number of nitrogens with zero attached hydrogens (tertiary/aromatic N) is 5. The van der Waals surface area contributed by atoms with Gasteiger partial charge in [-0.25, -0.2) is 9.97 Å². The van der Waals surface area contributed by atoms with E-state index in [1.807, 2.05) is 0 Å². The van der Waals surface area contributed by atoms with Crippen LogP contribution in [0.15, 0.2) is 41.5 Å². The molecule has 3 heterocycles. The van der Waals surface area contributed by atoms with Gasteiger partial charge in [0.25, 0.3) is 5.92 Å². The van der Waals surface area contributed by atoms with E-state index in [2.05, 4.69) is 25.2 Å². The van der Waals surface area contributed by atoms with Gasteiger partial charge in [0.2, 0.25) is 5.82 Å². The van der Waals surface area contributed by atoms with Crippen molar-refractivity contribution < 1.29 is 8.78 Å². The summed E-state index contributed by atoms with van der Waals surface area (Å²) in [4.78, 5) is 12.8. The molecule has 0 spiro atoms. The molecule has 5 nitrogen and oxygen atoms in total. The first kappa shape index (κ1) is 15.7. The molecule has 7 heteroatoms. The minimum atomic E-state index is -3.10. The van der Waals surface area contributed by atoms with Crippen LogP contribution in [0.5, 0.6) is 0 Å². The maximum atomic E-state index is 15.0. The third-order valence-corrected chi connectivity index (χ3v) is 4.44. The fourth-order valence-corrected chi connectivity index (χ4v) is 3.05. The topological polar surface area (TPSA) is 63.9 Å². The smallest absolute Gasteiger partial charge is 0.268 e. The zero-order valence-electron chi connectivity index (χ0n) is 14.0. The zero-order chi connectivity index (χ0) is 17.8. The fraction of sp³-hybridized carbons (Fsp3) is 0.278. The summed E-state index contributed by atoms with van der Waals surface area (Å²) >= 11 is 0. The molecular formula is C18H15F2N5. The number of aromatic nitrogens is 4. The molecule has 0 amide bonds. The summed E-state index contributed by atoms with van der Waals surface area (Å²) in [6.07, 6.45) is 1.60. The number of halogens is 2. The van der Waals surface area contributed by atoms with Gasteiger partial charge < -0.3 is 0 Å². The lowest BCUT2D eigenvalue weighted by Crippen LogP contribution is -2.45.